The predicted octanol–water partition coefficient (Wildman–Crippen LogP) is 3.75. The fourth-order valence-electron chi connectivity index (χ4n) is 2.63. The Labute approximate surface area is 156 Å². The first-order chi connectivity index (χ1) is 12.1. The Morgan fingerprint density at radius 1 is 1.16 bits per heavy atom. The molecule has 1 unspecified atom stereocenters. The van der Waals surface area contributed by atoms with Crippen LogP contribution in [0.15, 0.2) is 64.5 Å². The molecule has 6 heteroatoms. The number of aryl methyl sites for hydroxylation is 1. The molecule has 4 nitrogen and oxygen atoms in total. The largest absolute Gasteiger partial charge is 0.395 e. The van der Waals surface area contributed by atoms with Gasteiger partial charge >= 0.3 is 0 Å². The third kappa shape index (κ3) is 4.25. The number of halogens is 1. The van der Waals surface area contributed by atoms with Gasteiger partial charge in [0.15, 0.2) is 0 Å². The fourth-order valence-corrected chi connectivity index (χ4v) is 3.73. The molecule has 1 atom stereocenters. The maximum atomic E-state index is 9.40. The minimum Gasteiger partial charge on any atom is -0.395 e. The summed E-state index contributed by atoms with van der Waals surface area (Å²) in [7, 11) is 1.93. The number of aliphatic hydroxyl groups excluding tert-OH is 1. The highest BCUT2D eigenvalue weighted by Gasteiger charge is 2.20. The minimum atomic E-state index is -0.323. The summed E-state index contributed by atoms with van der Waals surface area (Å²) in [5.41, 5.74) is 9.03. The van der Waals surface area contributed by atoms with E-state index < -0.39 is 0 Å². The van der Waals surface area contributed by atoms with Gasteiger partial charge < -0.3 is 10.8 Å². The quantitative estimate of drug-likeness (QED) is 0.690. The molecule has 3 rings (SSSR count). The molecular formula is C19H20ClN3OS. The van der Waals surface area contributed by atoms with E-state index >= 15 is 0 Å². The van der Waals surface area contributed by atoms with Gasteiger partial charge in [-0.25, -0.2) is 0 Å². The van der Waals surface area contributed by atoms with Gasteiger partial charge in [-0.2, -0.15) is 5.10 Å². The summed E-state index contributed by atoms with van der Waals surface area (Å²) < 4.78 is 1.88. The molecule has 3 aromatic rings. The SMILES string of the molecule is Cn1nc(-c2ccccc2)c(CC(N)CO)c1Sc1ccc(Cl)cc1. The van der Waals surface area contributed by atoms with E-state index in [9.17, 15) is 5.11 Å². The van der Waals surface area contributed by atoms with Gasteiger partial charge in [0.1, 0.15) is 5.03 Å². The van der Waals surface area contributed by atoms with Gasteiger partial charge in [0.25, 0.3) is 0 Å². The van der Waals surface area contributed by atoms with Crippen molar-refractivity contribution >= 4 is 23.4 Å². The highest BCUT2D eigenvalue weighted by Crippen LogP contribution is 2.36. The van der Waals surface area contributed by atoms with Crippen LogP contribution in [0.3, 0.4) is 0 Å². The van der Waals surface area contributed by atoms with Crippen LogP contribution in [0, 0.1) is 0 Å². The van der Waals surface area contributed by atoms with E-state index in [1.54, 1.807) is 11.8 Å². The molecule has 0 bridgehead atoms. The number of benzene rings is 2. The molecule has 0 spiro atoms. The normalized spacial score (nSPS) is 12.3. The van der Waals surface area contributed by atoms with Crippen LogP contribution in [0.1, 0.15) is 5.56 Å². The number of hydrogen-bond donors (Lipinski definition) is 2. The summed E-state index contributed by atoms with van der Waals surface area (Å²) in [4.78, 5) is 1.07. The van der Waals surface area contributed by atoms with Gasteiger partial charge in [-0.05, 0) is 30.7 Å². The number of nitrogens with two attached hydrogens (primary N) is 1. The van der Waals surface area contributed by atoms with E-state index in [1.165, 1.54) is 0 Å². The molecule has 0 amide bonds. The van der Waals surface area contributed by atoms with Crippen molar-refractivity contribution in [1.29, 1.82) is 0 Å². The van der Waals surface area contributed by atoms with Crippen molar-refractivity contribution in [1.82, 2.24) is 9.78 Å². The number of hydrogen-bond acceptors (Lipinski definition) is 4. The molecule has 1 aromatic heterocycles. The Hall–Kier alpha value is -1.79. The number of rotatable bonds is 6. The van der Waals surface area contributed by atoms with Crippen molar-refractivity contribution in [2.45, 2.75) is 22.4 Å². The second-order valence-electron chi connectivity index (χ2n) is 5.82. The first-order valence-electron chi connectivity index (χ1n) is 7.99. The summed E-state index contributed by atoms with van der Waals surface area (Å²) in [6, 6.07) is 17.4. The van der Waals surface area contributed by atoms with E-state index in [2.05, 4.69) is 0 Å². The Kier molecular flexibility index (Phi) is 5.81. The van der Waals surface area contributed by atoms with Gasteiger partial charge in [-0.15, -0.1) is 0 Å². The third-order valence-corrected chi connectivity index (χ3v) is 5.33. The van der Waals surface area contributed by atoms with Crippen LogP contribution in [-0.2, 0) is 13.5 Å². The van der Waals surface area contributed by atoms with Crippen molar-refractivity contribution in [3.63, 3.8) is 0 Å². The zero-order valence-corrected chi connectivity index (χ0v) is 15.5. The first-order valence-corrected chi connectivity index (χ1v) is 9.19. The third-order valence-electron chi connectivity index (χ3n) is 3.86. The molecule has 0 aliphatic heterocycles. The van der Waals surface area contributed by atoms with Crippen molar-refractivity contribution in [3.05, 3.63) is 65.2 Å². The zero-order valence-electron chi connectivity index (χ0n) is 13.9. The molecular weight excluding hydrogens is 354 g/mol. The van der Waals surface area contributed by atoms with Gasteiger partial charge in [0.2, 0.25) is 0 Å². The molecule has 0 aliphatic rings. The maximum Gasteiger partial charge on any atom is 0.102 e. The van der Waals surface area contributed by atoms with Crippen molar-refractivity contribution < 1.29 is 5.11 Å². The highest BCUT2D eigenvalue weighted by atomic mass is 35.5. The van der Waals surface area contributed by atoms with Gasteiger partial charge in [0, 0.05) is 34.1 Å². The number of nitrogens with zero attached hydrogens (tertiary/aromatic N) is 2. The average molecular weight is 374 g/mol. The standard InChI is InChI=1S/C19H20ClN3OS/c1-23-19(25-16-9-7-14(20)8-10-16)17(11-15(21)12-24)18(22-23)13-5-3-2-4-6-13/h2-10,15,24H,11-12,21H2,1H3. The van der Waals surface area contributed by atoms with Gasteiger partial charge in [0.05, 0.1) is 12.3 Å². The van der Waals surface area contributed by atoms with Crippen molar-refractivity contribution in [2.75, 3.05) is 6.61 Å². The Morgan fingerprint density at radius 2 is 1.84 bits per heavy atom. The first kappa shape index (κ1) is 18.0. The molecule has 0 saturated carbocycles. The van der Waals surface area contributed by atoms with Gasteiger partial charge in [-0.3, -0.25) is 4.68 Å². The molecule has 0 radical (unpaired) electrons. The summed E-state index contributed by atoms with van der Waals surface area (Å²) in [6.45, 7) is -0.0613. The van der Waals surface area contributed by atoms with Crippen LogP contribution in [0.4, 0.5) is 0 Å². The summed E-state index contributed by atoms with van der Waals surface area (Å²) in [6.07, 6.45) is 0.560. The molecule has 1 heterocycles. The second-order valence-corrected chi connectivity index (χ2v) is 7.32. The minimum absolute atomic E-state index is 0.0613. The molecule has 2 aromatic carbocycles. The lowest BCUT2D eigenvalue weighted by Gasteiger charge is -2.11. The zero-order chi connectivity index (χ0) is 17.8. The summed E-state index contributed by atoms with van der Waals surface area (Å²) in [5.74, 6) is 0. The molecule has 130 valence electrons. The predicted molar refractivity (Wildman–Crippen MR) is 103 cm³/mol. The monoisotopic (exact) mass is 373 g/mol. The van der Waals surface area contributed by atoms with Crippen LogP contribution in [-0.4, -0.2) is 27.5 Å². The van der Waals surface area contributed by atoms with Crippen LogP contribution in [0.5, 0.6) is 0 Å². The topological polar surface area (TPSA) is 64.1 Å². The average Bonchev–Trinajstić information content (AvgIpc) is 2.93. The molecule has 25 heavy (non-hydrogen) atoms. The van der Waals surface area contributed by atoms with Crippen LogP contribution in [0.25, 0.3) is 11.3 Å². The van der Waals surface area contributed by atoms with Crippen LogP contribution < -0.4 is 5.73 Å². The Bertz CT molecular complexity index is 834. The maximum absolute atomic E-state index is 9.40. The Balaban J connectivity index is 2.04. The lowest BCUT2D eigenvalue weighted by Crippen LogP contribution is -2.27. The lowest BCUT2D eigenvalue weighted by molar-refractivity contribution is 0.265. The Morgan fingerprint density at radius 3 is 2.48 bits per heavy atom. The molecule has 3 N–H and O–H groups in total. The molecule has 0 aliphatic carbocycles. The van der Waals surface area contributed by atoms with Crippen LogP contribution >= 0.6 is 23.4 Å². The van der Waals surface area contributed by atoms with E-state index in [-0.39, 0.29) is 12.6 Å². The van der Waals surface area contributed by atoms with E-state index in [1.807, 2.05) is 66.3 Å². The summed E-state index contributed by atoms with van der Waals surface area (Å²) in [5, 5.41) is 15.8. The summed E-state index contributed by atoms with van der Waals surface area (Å²) >= 11 is 7.60. The smallest absolute Gasteiger partial charge is 0.102 e. The number of aliphatic hydroxyl groups is 1. The highest BCUT2D eigenvalue weighted by molar-refractivity contribution is 7.99. The lowest BCUT2D eigenvalue weighted by atomic mass is 10.0. The molecule has 0 fully saturated rings. The second kappa shape index (κ2) is 8.06. The van der Waals surface area contributed by atoms with Crippen molar-refractivity contribution in [2.24, 2.45) is 12.8 Å². The van der Waals surface area contributed by atoms with E-state index in [0.717, 1.165) is 26.7 Å². The van der Waals surface area contributed by atoms with E-state index in [4.69, 9.17) is 22.4 Å². The molecule has 0 saturated heterocycles. The fraction of sp³-hybridized carbons (Fsp3) is 0.211. The van der Waals surface area contributed by atoms with E-state index in [0.29, 0.717) is 11.4 Å². The van der Waals surface area contributed by atoms with Crippen molar-refractivity contribution in [3.8, 4) is 11.3 Å². The number of aromatic nitrogens is 2. The van der Waals surface area contributed by atoms with Gasteiger partial charge in [-0.1, -0.05) is 53.7 Å². The van der Waals surface area contributed by atoms with Crippen LogP contribution in [0.2, 0.25) is 5.02 Å².